The lowest BCUT2D eigenvalue weighted by molar-refractivity contribution is 0.278. The van der Waals surface area contributed by atoms with Crippen LogP contribution in [0.2, 0.25) is 0 Å². The number of benzene rings is 1. The van der Waals surface area contributed by atoms with Gasteiger partial charge in [0.05, 0.1) is 0 Å². The van der Waals surface area contributed by atoms with Crippen LogP contribution in [0.1, 0.15) is 18.5 Å². The SMILES string of the molecule is CC(c1ccccc1)N(C)C.OB(O)O. The van der Waals surface area contributed by atoms with Gasteiger partial charge in [0.15, 0.2) is 0 Å². The van der Waals surface area contributed by atoms with Crippen LogP contribution >= 0.6 is 0 Å². The zero-order chi connectivity index (χ0) is 11.8. The summed E-state index contributed by atoms with van der Waals surface area (Å²) >= 11 is 0. The van der Waals surface area contributed by atoms with Crippen molar-refractivity contribution in [2.45, 2.75) is 13.0 Å². The topological polar surface area (TPSA) is 63.9 Å². The highest BCUT2D eigenvalue weighted by molar-refractivity contribution is 6.30. The number of hydrogen-bond acceptors (Lipinski definition) is 4. The third kappa shape index (κ3) is 7.10. The van der Waals surface area contributed by atoms with Crippen LogP contribution in [0.4, 0.5) is 0 Å². The highest BCUT2D eigenvalue weighted by Gasteiger charge is 2.04. The normalized spacial score (nSPS) is 11.7. The molecular formula is C10H18BNO3. The first-order valence-electron chi connectivity index (χ1n) is 4.70. The van der Waals surface area contributed by atoms with E-state index in [1.165, 1.54) is 5.56 Å². The van der Waals surface area contributed by atoms with Gasteiger partial charge in [-0.25, -0.2) is 0 Å². The van der Waals surface area contributed by atoms with Crippen LogP contribution in [0.15, 0.2) is 30.3 Å². The van der Waals surface area contributed by atoms with Crippen molar-refractivity contribution in [3.8, 4) is 0 Å². The van der Waals surface area contributed by atoms with Gasteiger partial charge in [-0.2, -0.15) is 0 Å². The highest BCUT2D eigenvalue weighted by atomic mass is 16.5. The molecule has 0 aliphatic heterocycles. The van der Waals surface area contributed by atoms with Crippen LogP contribution in [0.5, 0.6) is 0 Å². The highest BCUT2D eigenvalue weighted by Crippen LogP contribution is 2.15. The smallest absolute Gasteiger partial charge is 0.402 e. The monoisotopic (exact) mass is 211 g/mol. The molecule has 0 bridgehead atoms. The summed E-state index contributed by atoms with van der Waals surface area (Å²) < 4.78 is 0. The second kappa shape index (κ2) is 7.42. The molecule has 3 N–H and O–H groups in total. The van der Waals surface area contributed by atoms with E-state index in [0.29, 0.717) is 6.04 Å². The van der Waals surface area contributed by atoms with Crippen molar-refractivity contribution in [1.82, 2.24) is 4.90 Å². The minimum absolute atomic E-state index is 0.510. The first kappa shape index (κ1) is 14.1. The fourth-order valence-corrected chi connectivity index (χ4v) is 1.03. The molecule has 0 aliphatic rings. The zero-order valence-electron chi connectivity index (χ0n) is 9.33. The summed E-state index contributed by atoms with van der Waals surface area (Å²) in [6.45, 7) is 2.20. The van der Waals surface area contributed by atoms with Crippen molar-refractivity contribution in [1.29, 1.82) is 0 Å². The molecule has 1 atom stereocenters. The van der Waals surface area contributed by atoms with E-state index in [0.717, 1.165) is 0 Å². The molecule has 1 aromatic rings. The van der Waals surface area contributed by atoms with Crippen molar-refractivity contribution in [3.05, 3.63) is 35.9 Å². The molecule has 84 valence electrons. The summed E-state index contributed by atoms with van der Waals surface area (Å²) in [7, 11) is 2.02. The summed E-state index contributed by atoms with van der Waals surface area (Å²) in [4.78, 5) is 2.20. The summed E-state index contributed by atoms with van der Waals surface area (Å²) in [6.07, 6.45) is 0. The molecule has 0 heterocycles. The molecule has 0 radical (unpaired) electrons. The molecule has 4 nitrogen and oxygen atoms in total. The lowest BCUT2D eigenvalue weighted by Gasteiger charge is -2.19. The molecule has 0 saturated heterocycles. The third-order valence-corrected chi connectivity index (χ3v) is 2.06. The first-order chi connectivity index (χ1) is 6.95. The molecule has 0 amide bonds. The largest absolute Gasteiger partial charge is 0.631 e. The molecule has 0 fully saturated rings. The van der Waals surface area contributed by atoms with E-state index in [4.69, 9.17) is 15.1 Å². The van der Waals surface area contributed by atoms with E-state index in [1.54, 1.807) is 0 Å². The molecule has 15 heavy (non-hydrogen) atoms. The van der Waals surface area contributed by atoms with Gasteiger partial charge in [0.2, 0.25) is 0 Å². The Morgan fingerprint density at radius 2 is 1.47 bits per heavy atom. The second-order valence-corrected chi connectivity index (χ2v) is 3.40. The summed E-state index contributed by atoms with van der Waals surface area (Å²) in [5.74, 6) is 0. The maximum atomic E-state index is 7.17. The van der Waals surface area contributed by atoms with E-state index in [2.05, 4.69) is 50.2 Å². The lowest BCUT2D eigenvalue weighted by Crippen LogP contribution is -2.16. The summed E-state index contributed by atoms with van der Waals surface area (Å²) in [6, 6.07) is 11.0. The molecule has 5 heteroatoms. The van der Waals surface area contributed by atoms with Crippen LogP contribution in [-0.4, -0.2) is 41.4 Å². The van der Waals surface area contributed by atoms with Crippen molar-refractivity contribution in [2.24, 2.45) is 0 Å². The number of rotatable bonds is 2. The Morgan fingerprint density at radius 1 is 1.07 bits per heavy atom. The van der Waals surface area contributed by atoms with Crippen LogP contribution in [0.3, 0.4) is 0 Å². The van der Waals surface area contributed by atoms with E-state index < -0.39 is 7.32 Å². The fourth-order valence-electron chi connectivity index (χ4n) is 1.03. The average molecular weight is 211 g/mol. The van der Waals surface area contributed by atoms with Gasteiger partial charge in [0.25, 0.3) is 0 Å². The van der Waals surface area contributed by atoms with Crippen LogP contribution in [0, 0.1) is 0 Å². The summed E-state index contributed by atoms with van der Waals surface area (Å²) in [5, 5.41) is 21.5. The minimum atomic E-state index is -2.17. The Kier molecular flexibility index (Phi) is 6.99. The van der Waals surface area contributed by atoms with Gasteiger partial charge < -0.3 is 20.0 Å². The minimum Gasteiger partial charge on any atom is -0.402 e. The standard InChI is InChI=1S/C10H15N.BH3O3/c1-9(11(2)3)10-7-5-4-6-8-10;2-1(3)4/h4-9H,1-3H3;2-4H. The molecular weight excluding hydrogens is 193 g/mol. The van der Waals surface area contributed by atoms with Crippen LogP contribution in [-0.2, 0) is 0 Å². The van der Waals surface area contributed by atoms with Gasteiger partial charge in [-0.15, -0.1) is 0 Å². The molecule has 0 aliphatic carbocycles. The van der Waals surface area contributed by atoms with Crippen LogP contribution in [0.25, 0.3) is 0 Å². The quantitative estimate of drug-likeness (QED) is 0.614. The molecule has 1 aromatic carbocycles. The number of nitrogens with zero attached hydrogens (tertiary/aromatic N) is 1. The summed E-state index contributed by atoms with van der Waals surface area (Å²) in [5.41, 5.74) is 1.37. The average Bonchev–Trinajstić information content (AvgIpc) is 2.17. The van der Waals surface area contributed by atoms with E-state index >= 15 is 0 Å². The van der Waals surface area contributed by atoms with Gasteiger partial charge in [0.1, 0.15) is 0 Å². The van der Waals surface area contributed by atoms with Gasteiger partial charge >= 0.3 is 7.32 Å². The first-order valence-corrected chi connectivity index (χ1v) is 4.70. The van der Waals surface area contributed by atoms with Crippen molar-refractivity contribution < 1.29 is 15.1 Å². The predicted molar refractivity (Wildman–Crippen MR) is 61.0 cm³/mol. The van der Waals surface area contributed by atoms with Gasteiger partial charge in [-0.3, -0.25) is 0 Å². The Labute approximate surface area is 91.0 Å². The zero-order valence-corrected chi connectivity index (χ0v) is 9.33. The molecule has 0 spiro atoms. The van der Waals surface area contributed by atoms with Crippen LogP contribution < -0.4 is 0 Å². The molecule has 0 aromatic heterocycles. The maximum absolute atomic E-state index is 7.17. The second-order valence-electron chi connectivity index (χ2n) is 3.40. The predicted octanol–water partition coefficient (Wildman–Crippen LogP) is 0.257. The Bertz CT molecular complexity index is 251. The van der Waals surface area contributed by atoms with Gasteiger partial charge in [-0.1, -0.05) is 30.3 Å². The van der Waals surface area contributed by atoms with Crippen molar-refractivity contribution in [3.63, 3.8) is 0 Å². The lowest BCUT2D eigenvalue weighted by atomic mass is 10.1. The van der Waals surface area contributed by atoms with E-state index in [-0.39, 0.29) is 0 Å². The van der Waals surface area contributed by atoms with Gasteiger partial charge in [-0.05, 0) is 26.6 Å². The van der Waals surface area contributed by atoms with Crippen molar-refractivity contribution >= 4 is 7.32 Å². The van der Waals surface area contributed by atoms with E-state index in [1.807, 2.05) is 6.07 Å². The molecule has 0 saturated carbocycles. The van der Waals surface area contributed by atoms with Gasteiger partial charge in [0, 0.05) is 6.04 Å². The Hall–Kier alpha value is -0.875. The molecule has 1 unspecified atom stereocenters. The fraction of sp³-hybridized carbons (Fsp3) is 0.400. The van der Waals surface area contributed by atoms with Crippen molar-refractivity contribution in [2.75, 3.05) is 14.1 Å². The maximum Gasteiger partial charge on any atom is 0.631 e. The Morgan fingerprint density at radius 3 is 1.80 bits per heavy atom. The number of hydrogen-bond donors (Lipinski definition) is 3. The third-order valence-electron chi connectivity index (χ3n) is 2.06. The van der Waals surface area contributed by atoms with E-state index in [9.17, 15) is 0 Å². The Balaban J connectivity index is 0.000000423. The molecule has 1 rings (SSSR count).